The molecule has 1 saturated heterocycles. The van der Waals surface area contributed by atoms with Gasteiger partial charge in [0.05, 0.1) is 18.6 Å². The molecule has 0 amide bonds. The zero-order valence-electron chi connectivity index (χ0n) is 20.1. The van der Waals surface area contributed by atoms with Crippen LogP contribution < -0.4 is 5.46 Å². The van der Waals surface area contributed by atoms with Gasteiger partial charge < -0.3 is 29.4 Å². The molecule has 0 saturated carbocycles. The third-order valence-electron chi connectivity index (χ3n) is 7.36. The second-order valence-corrected chi connectivity index (χ2v) is 10.6. The van der Waals surface area contributed by atoms with E-state index in [1.165, 1.54) is 0 Å². The smallest absolute Gasteiger partial charge is 0.487 e. The molecule has 7 nitrogen and oxygen atoms in total. The van der Waals surface area contributed by atoms with Crippen LogP contribution in [0.5, 0.6) is 0 Å². The van der Waals surface area contributed by atoms with E-state index in [1.54, 1.807) is 6.07 Å². The van der Waals surface area contributed by atoms with Crippen LogP contribution >= 0.6 is 0 Å². The summed E-state index contributed by atoms with van der Waals surface area (Å²) in [5.41, 5.74) is 0.645. The van der Waals surface area contributed by atoms with Gasteiger partial charge in [0.25, 0.3) is 0 Å². The van der Waals surface area contributed by atoms with Gasteiger partial charge >= 0.3 is 7.12 Å². The van der Waals surface area contributed by atoms with Gasteiger partial charge in [0.2, 0.25) is 0 Å². The Balaban J connectivity index is 1.39. The number of aliphatic hydroxyl groups is 3. The van der Waals surface area contributed by atoms with E-state index in [0.717, 1.165) is 16.6 Å². The average molecular weight is 478 g/mol. The lowest BCUT2D eigenvalue weighted by Gasteiger charge is -2.41. The Morgan fingerprint density at radius 3 is 2.29 bits per heavy atom. The normalized spacial score (nSPS) is 25.1. The highest BCUT2D eigenvalue weighted by molar-refractivity contribution is 6.61. The van der Waals surface area contributed by atoms with Crippen molar-refractivity contribution in [1.29, 1.82) is 0 Å². The number of benzene rings is 2. The summed E-state index contributed by atoms with van der Waals surface area (Å²) in [5.74, 6) is 0.296. The number of carbonyl (C=O) groups is 1. The summed E-state index contributed by atoms with van der Waals surface area (Å²) in [6.07, 6.45) is 1.41. The van der Waals surface area contributed by atoms with Crippen molar-refractivity contribution in [3.05, 3.63) is 70.8 Å². The second kappa shape index (κ2) is 8.87. The third kappa shape index (κ3) is 4.23. The highest BCUT2D eigenvalue weighted by atomic mass is 16.6. The first kappa shape index (κ1) is 24.2. The quantitative estimate of drug-likeness (QED) is 0.562. The summed E-state index contributed by atoms with van der Waals surface area (Å²) >= 11 is 0. The molecule has 1 aliphatic carbocycles. The van der Waals surface area contributed by atoms with E-state index in [-0.39, 0.29) is 44.2 Å². The van der Waals surface area contributed by atoms with Gasteiger partial charge in [0.1, 0.15) is 11.4 Å². The molecule has 2 aliphatic heterocycles. The summed E-state index contributed by atoms with van der Waals surface area (Å²) in [7, 11) is -0.606. The standard InChI is InChI=1S/C27H31BO7/c1-25(2)12-11-21-23(35-25)20-5-3-4-6-22(20)27(32,24(21)31)13-18-7-9-19(10-8-18)28-33-16-26(14-29,15-30)17-34-28/h3-10,29-30,32H,11-17H2,1-2H3. The Kier molecular flexibility index (Phi) is 6.14. The predicted molar refractivity (Wildman–Crippen MR) is 131 cm³/mol. The maximum atomic E-state index is 13.6. The number of fused-ring (bicyclic) bond motifs is 2. The molecule has 1 fully saturated rings. The summed E-state index contributed by atoms with van der Waals surface area (Å²) < 4.78 is 17.7. The molecule has 0 aromatic heterocycles. The van der Waals surface area contributed by atoms with Crippen molar-refractivity contribution in [1.82, 2.24) is 0 Å². The molecule has 3 aliphatic rings. The number of hydrogen-bond donors (Lipinski definition) is 3. The molecule has 2 aromatic carbocycles. The number of ether oxygens (including phenoxy) is 1. The first-order valence-electron chi connectivity index (χ1n) is 12.0. The van der Waals surface area contributed by atoms with Crippen LogP contribution in [0.3, 0.4) is 0 Å². The van der Waals surface area contributed by atoms with Crippen molar-refractivity contribution < 1.29 is 34.2 Å². The Morgan fingerprint density at radius 2 is 1.63 bits per heavy atom. The fourth-order valence-corrected chi connectivity index (χ4v) is 5.06. The molecule has 2 aromatic rings. The summed E-state index contributed by atoms with van der Waals surface area (Å²) in [4.78, 5) is 13.6. The summed E-state index contributed by atoms with van der Waals surface area (Å²) in [6, 6.07) is 14.9. The lowest BCUT2D eigenvalue weighted by Crippen LogP contribution is -2.52. The van der Waals surface area contributed by atoms with E-state index in [2.05, 4.69) is 0 Å². The number of carbonyl (C=O) groups excluding carboxylic acids is 1. The van der Waals surface area contributed by atoms with Crippen molar-refractivity contribution >= 4 is 24.1 Å². The molecule has 0 spiro atoms. The van der Waals surface area contributed by atoms with E-state index in [9.17, 15) is 20.1 Å². The summed E-state index contributed by atoms with van der Waals surface area (Å²) in [5, 5.41) is 30.9. The predicted octanol–water partition coefficient (Wildman–Crippen LogP) is 1.71. The van der Waals surface area contributed by atoms with Crippen molar-refractivity contribution in [2.75, 3.05) is 26.4 Å². The highest BCUT2D eigenvalue weighted by Gasteiger charge is 2.49. The van der Waals surface area contributed by atoms with Crippen LogP contribution in [0.2, 0.25) is 0 Å². The molecule has 184 valence electrons. The largest absolute Gasteiger partial charge is 0.493 e. The van der Waals surface area contributed by atoms with Gasteiger partial charge in [-0.1, -0.05) is 48.5 Å². The van der Waals surface area contributed by atoms with Gasteiger partial charge in [-0.15, -0.1) is 0 Å². The summed E-state index contributed by atoms with van der Waals surface area (Å²) in [6.45, 7) is 3.97. The molecule has 0 radical (unpaired) electrons. The minimum Gasteiger partial charge on any atom is -0.487 e. The maximum absolute atomic E-state index is 13.6. The minimum absolute atomic E-state index is 0.133. The Morgan fingerprint density at radius 1 is 0.971 bits per heavy atom. The number of rotatable bonds is 5. The van der Waals surface area contributed by atoms with Gasteiger partial charge in [-0.05, 0) is 37.7 Å². The van der Waals surface area contributed by atoms with Gasteiger partial charge in [0.15, 0.2) is 11.4 Å². The van der Waals surface area contributed by atoms with Crippen LogP contribution in [-0.2, 0) is 30.9 Å². The molecule has 3 N–H and O–H groups in total. The van der Waals surface area contributed by atoms with Crippen molar-refractivity contribution in [3.8, 4) is 0 Å². The topological polar surface area (TPSA) is 105 Å². The van der Waals surface area contributed by atoms with Gasteiger partial charge in [-0.3, -0.25) is 4.79 Å². The van der Waals surface area contributed by atoms with E-state index in [0.29, 0.717) is 29.7 Å². The second-order valence-electron chi connectivity index (χ2n) is 10.6. The lowest BCUT2D eigenvalue weighted by molar-refractivity contribution is -0.135. The number of ketones is 1. The fourth-order valence-electron chi connectivity index (χ4n) is 5.06. The molecule has 1 atom stereocenters. The molecule has 2 heterocycles. The lowest BCUT2D eigenvalue weighted by atomic mass is 9.71. The number of aliphatic hydroxyl groups excluding tert-OH is 2. The fraction of sp³-hybridized carbons (Fsp3) is 0.444. The van der Waals surface area contributed by atoms with Crippen LogP contribution in [0.1, 0.15) is 43.4 Å². The zero-order valence-corrected chi connectivity index (χ0v) is 20.1. The molecule has 1 unspecified atom stereocenters. The molecule has 5 rings (SSSR count). The van der Waals surface area contributed by atoms with Gasteiger partial charge in [-0.2, -0.15) is 0 Å². The van der Waals surface area contributed by atoms with Gasteiger partial charge in [0, 0.05) is 36.3 Å². The minimum atomic E-state index is -1.68. The Bertz CT molecular complexity index is 1140. The first-order valence-corrected chi connectivity index (χ1v) is 12.0. The number of hydrogen-bond acceptors (Lipinski definition) is 7. The molecule has 0 bridgehead atoms. The van der Waals surface area contributed by atoms with E-state index < -0.39 is 18.1 Å². The molecular weight excluding hydrogens is 447 g/mol. The van der Waals surface area contributed by atoms with Crippen LogP contribution in [-0.4, -0.2) is 60.2 Å². The van der Waals surface area contributed by atoms with Crippen molar-refractivity contribution in [2.45, 2.75) is 44.3 Å². The van der Waals surface area contributed by atoms with E-state index in [4.69, 9.17) is 14.0 Å². The third-order valence-corrected chi connectivity index (χ3v) is 7.36. The van der Waals surface area contributed by atoms with E-state index in [1.807, 2.05) is 56.3 Å². The monoisotopic (exact) mass is 478 g/mol. The SMILES string of the molecule is CC1(C)CCC2=C(O1)c1ccccc1C(O)(Cc1ccc(B3OCC(CO)(CO)CO3)cc1)C2=O. The van der Waals surface area contributed by atoms with Crippen LogP contribution in [0.25, 0.3) is 5.76 Å². The Hall–Kier alpha value is -2.49. The molecule has 35 heavy (non-hydrogen) atoms. The van der Waals surface area contributed by atoms with Crippen molar-refractivity contribution in [3.63, 3.8) is 0 Å². The van der Waals surface area contributed by atoms with Crippen LogP contribution in [0.15, 0.2) is 54.1 Å². The highest BCUT2D eigenvalue weighted by Crippen LogP contribution is 2.47. The average Bonchev–Trinajstić information content (AvgIpc) is 2.88. The maximum Gasteiger partial charge on any atom is 0.493 e. The first-order chi connectivity index (χ1) is 16.7. The van der Waals surface area contributed by atoms with Crippen LogP contribution in [0.4, 0.5) is 0 Å². The van der Waals surface area contributed by atoms with Crippen LogP contribution in [0, 0.1) is 5.41 Å². The zero-order chi connectivity index (χ0) is 24.8. The molecule has 8 heteroatoms. The van der Waals surface area contributed by atoms with Crippen molar-refractivity contribution in [2.24, 2.45) is 5.41 Å². The Labute approximate surface area is 205 Å². The van der Waals surface area contributed by atoms with Gasteiger partial charge in [-0.25, -0.2) is 0 Å². The number of Topliss-reactive ketones (excluding diaryl/α,β-unsaturated/α-hetero) is 1. The molecular formula is C27H31BO7. The van der Waals surface area contributed by atoms with E-state index >= 15 is 0 Å².